The third-order valence-corrected chi connectivity index (χ3v) is 3.89. The zero-order valence-corrected chi connectivity index (χ0v) is 12.6. The Bertz CT molecular complexity index is 652. The van der Waals surface area contributed by atoms with E-state index in [-0.39, 0.29) is 6.04 Å². The van der Waals surface area contributed by atoms with Gasteiger partial charge in [-0.2, -0.15) is 0 Å². The summed E-state index contributed by atoms with van der Waals surface area (Å²) >= 11 is 0. The Morgan fingerprint density at radius 3 is 2.48 bits per heavy atom. The molecule has 1 aliphatic heterocycles. The Morgan fingerprint density at radius 2 is 1.71 bits per heavy atom. The SMILES string of the molecule is Cc1ccc(C(N)c2ccc3c(c2)OCCCO3)c(C)c1. The minimum atomic E-state index is -0.150. The van der Waals surface area contributed by atoms with Gasteiger partial charge in [0.25, 0.3) is 0 Å². The molecule has 21 heavy (non-hydrogen) atoms. The molecule has 2 N–H and O–H groups in total. The molecule has 0 saturated carbocycles. The molecule has 0 fully saturated rings. The summed E-state index contributed by atoms with van der Waals surface area (Å²) in [4.78, 5) is 0. The quantitative estimate of drug-likeness (QED) is 0.917. The minimum Gasteiger partial charge on any atom is -0.490 e. The number of hydrogen-bond acceptors (Lipinski definition) is 3. The van der Waals surface area contributed by atoms with Crippen molar-refractivity contribution in [2.45, 2.75) is 26.3 Å². The predicted octanol–water partition coefficient (Wildman–Crippen LogP) is 3.51. The van der Waals surface area contributed by atoms with E-state index < -0.39 is 0 Å². The van der Waals surface area contributed by atoms with E-state index in [4.69, 9.17) is 15.2 Å². The second kappa shape index (κ2) is 5.78. The van der Waals surface area contributed by atoms with Gasteiger partial charge in [-0.1, -0.05) is 29.8 Å². The van der Waals surface area contributed by atoms with E-state index in [1.54, 1.807) is 0 Å². The standard InChI is InChI=1S/C18H21NO2/c1-12-4-6-15(13(2)10-12)18(19)14-5-7-16-17(11-14)21-9-3-8-20-16/h4-7,10-11,18H,3,8-9,19H2,1-2H3. The number of aryl methyl sites for hydroxylation is 2. The molecule has 0 saturated heterocycles. The minimum absolute atomic E-state index is 0.150. The molecular weight excluding hydrogens is 262 g/mol. The fraction of sp³-hybridized carbons (Fsp3) is 0.333. The third kappa shape index (κ3) is 2.88. The first-order chi connectivity index (χ1) is 10.1. The van der Waals surface area contributed by atoms with Gasteiger partial charge in [-0.3, -0.25) is 0 Å². The van der Waals surface area contributed by atoms with Crippen LogP contribution in [0.5, 0.6) is 11.5 Å². The van der Waals surface area contributed by atoms with Crippen LogP contribution >= 0.6 is 0 Å². The van der Waals surface area contributed by atoms with Gasteiger partial charge in [-0.15, -0.1) is 0 Å². The van der Waals surface area contributed by atoms with Crippen LogP contribution in [0.1, 0.15) is 34.7 Å². The second-order valence-corrected chi connectivity index (χ2v) is 5.59. The van der Waals surface area contributed by atoms with Crippen molar-refractivity contribution in [2.75, 3.05) is 13.2 Å². The lowest BCUT2D eigenvalue weighted by atomic mass is 9.94. The lowest BCUT2D eigenvalue weighted by Crippen LogP contribution is -2.13. The average molecular weight is 283 g/mol. The van der Waals surface area contributed by atoms with E-state index in [9.17, 15) is 0 Å². The maximum absolute atomic E-state index is 6.44. The van der Waals surface area contributed by atoms with E-state index >= 15 is 0 Å². The first-order valence-electron chi connectivity index (χ1n) is 7.37. The molecule has 0 spiro atoms. The highest BCUT2D eigenvalue weighted by Crippen LogP contribution is 2.34. The first kappa shape index (κ1) is 14.0. The van der Waals surface area contributed by atoms with Crippen molar-refractivity contribution in [3.63, 3.8) is 0 Å². The summed E-state index contributed by atoms with van der Waals surface area (Å²) in [5, 5.41) is 0. The molecule has 0 amide bonds. The molecular formula is C18H21NO2. The van der Waals surface area contributed by atoms with Gasteiger partial charge in [0.15, 0.2) is 11.5 Å². The van der Waals surface area contributed by atoms with Crippen molar-refractivity contribution < 1.29 is 9.47 Å². The molecule has 0 aliphatic carbocycles. The van der Waals surface area contributed by atoms with E-state index in [0.29, 0.717) is 13.2 Å². The topological polar surface area (TPSA) is 44.5 Å². The summed E-state index contributed by atoms with van der Waals surface area (Å²) in [6.45, 7) is 5.59. The molecule has 0 aromatic heterocycles. The first-order valence-corrected chi connectivity index (χ1v) is 7.37. The predicted molar refractivity (Wildman–Crippen MR) is 84.0 cm³/mol. The average Bonchev–Trinajstić information content (AvgIpc) is 2.71. The van der Waals surface area contributed by atoms with Crippen LogP contribution in [0.15, 0.2) is 36.4 Å². The molecule has 0 bridgehead atoms. The lowest BCUT2D eigenvalue weighted by Gasteiger charge is -2.17. The molecule has 1 aliphatic rings. The van der Waals surface area contributed by atoms with Crippen molar-refractivity contribution >= 4 is 0 Å². The number of nitrogens with two attached hydrogens (primary N) is 1. The van der Waals surface area contributed by atoms with Gasteiger partial charge in [-0.25, -0.2) is 0 Å². The Hall–Kier alpha value is -2.00. The van der Waals surface area contributed by atoms with E-state index in [0.717, 1.165) is 29.0 Å². The molecule has 3 heteroatoms. The van der Waals surface area contributed by atoms with Crippen LogP contribution in [-0.2, 0) is 0 Å². The van der Waals surface area contributed by atoms with Gasteiger partial charge in [0.1, 0.15) is 0 Å². The van der Waals surface area contributed by atoms with Crippen LogP contribution in [0, 0.1) is 13.8 Å². The number of ether oxygens (including phenoxy) is 2. The Kier molecular flexibility index (Phi) is 3.84. The van der Waals surface area contributed by atoms with Gasteiger partial charge in [-0.05, 0) is 42.7 Å². The Morgan fingerprint density at radius 1 is 0.952 bits per heavy atom. The summed E-state index contributed by atoms with van der Waals surface area (Å²) in [5.74, 6) is 1.61. The second-order valence-electron chi connectivity index (χ2n) is 5.59. The summed E-state index contributed by atoms with van der Waals surface area (Å²) in [5.41, 5.74) is 11.1. The zero-order chi connectivity index (χ0) is 14.8. The molecule has 1 heterocycles. The summed E-state index contributed by atoms with van der Waals surface area (Å²) in [6, 6.07) is 12.2. The molecule has 110 valence electrons. The Labute approximate surface area is 125 Å². The molecule has 2 aromatic rings. The van der Waals surface area contributed by atoms with Gasteiger partial charge in [0.2, 0.25) is 0 Å². The maximum atomic E-state index is 6.44. The smallest absolute Gasteiger partial charge is 0.161 e. The van der Waals surface area contributed by atoms with Gasteiger partial charge in [0, 0.05) is 6.42 Å². The van der Waals surface area contributed by atoms with Crippen molar-refractivity contribution in [1.82, 2.24) is 0 Å². The maximum Gasteiger partial charge on any atom is 0.161 e. The lowest BCUT2D eigenvalue weighted by molar-refractivity contribution is 0.297. The van der Waals surface area contributed by atoms with Crippen molar-refractivity contribution in [1.29, 1.82) is 0 Å². The van der Waals surface area contributed by atoms with E-state index in [1.165, 1.54) is 11.1 Å². The molecule has 2 aromatic carbocycles. The van der Waals surface area contributed by atoms with E-state index in [2.05, 4.69) is 32.0 Å². The van der Waals surface area contributed by atoms with Crippen molar-refractivity contribution in [3.05, 3.63) is 58.7 Å². The van der Waals surface area contributed by atoms with Crippen molar-refractivity contribution in [3.8, 4) is 11.5 Å². The summed E-state index contributed by atoms with van der Waals surface area (Å²) in [7, 11) is 0. The number of hydrogen-bond donors (Lipinski definition) is 1. The fourth-order valence-corrected chi connectivity index (χ4v) is 2.73. The normalized spacial score (nSPS) is 15.4. The van der Waals surface area contributed by atoms with Crippen molar-refractivity contribution in [2.24, 2.45) is 5.73 Å². The highest BCUT2D eigenvalue weighted by molar-refractivity contribution is 5.47. The van der Waals surface area contributed by atoms with Gasteiger partial charge in [0.05, 0.1) is 19.3 Å². The fourth-order valence-electron chi connectivity index (χ4n) is 2.73. The van der Waals surface area contributed by atoms with Crippen LogP contribution in [-0.4, -0.2) is 13.2 Å². The third-order valence-electron chi connectivity index (χ3n) is 3.89. The van der Waals surface area contributed by atoms with Gasteiger partial charge < -0.3 is 15.2 Å². The zero-order valence-electron chi connectivity index (χ0n) is 12.6. The number of benzene rings is 2. The highest BCUT2D eigenvalue weighted by Gasteiger charge is 2.16. The Balaban J connectivity index is 1.94. The molecule has 1 unspecified atom stereocenters. The monoisotopic (exact) mass is 283 g/mol. The van der Waals surface area contributed by atoms with Crippen LogP contribution in [0.4, 0.5) is 0 Å². The molecule has 3 rings (SSSR count). The van der Waals surface area contributed by atoms with Gasteiger partial charge >= 0.3 is 0 Å². The van der Waals surface area contributed by atoms with Crippen LogP contribution in [0.2, 0.25) is 0 Å². The highest BCUT2D eigenvalue weighted by atomic mass is 16.5. The van der Waals surface area contributed by atoms with Crippen LogP contribution in [0.25, 0.3) is 0 Å². The summed E-state index contributed by atoms with van der Waals surface area (Å²) < 4.78 is 11.4. The van der Waals surface area contributed by atoms with E-state index in [1.807, 2.05) is 18.2 Å². The molecule has 1 atom stereocenters. The molecule has 3 nitrogen and oxygen atoms in total. The number of fused-ring (bicyclic) bond motifs is 1. The largest absolute Gasteiger partial charge is 0.490 e. The summed E-state index contributed by atoms with van der Waals surface area (Å²) in [6.07, 6.45) is 0.910. The van der Waals surface area contributed by atoms with Crippen LogP contribution < -0.4 is 15.2 Å². The van der Waals surface area contributed by atoms with Crippen LogP contribution in [0.3, 0.4) is 0 Å². The number of rotatable bonds is 2. The molecule has 0 radical (unpaired) electrons.